The van der Waals surface area contributed by atoms with E-state index in [-0.39, 0.29) is 25.0 Å². The summed E-state index contributed by atoms with van der Waals surface area (Å²) < 4.78 is 11.0. The normalized spacial score (nSPS) is 13.3. The van der Waals surface area contributed by atoms with Crippen LogP contribution < -0.4 is 10.6 Å². The molecule has 49 heavy (non-hydrogen) atoms. The van der Waals surface area contributed by atoms with Crippen LogP contribution in [0, 0.1) is 0 Å². The van der Waals surface area contributed by atoms with Crippen molar-refractivity contribution in [3.63, 3.8) is 0 Å². The van der Waals surface area contributed by atoms with E-state index in [2.05, 4.69) is 10.6 Å². The smallest absolute Gasteiger partial charge is 0.410 e. The van der Waals surface area contributed by atoms with E-state index in [1.807, 2.05) is 99.6 Å². The number of rotatable bonds is 10. The summed E-state index contributed by atoms with van der Waals surface area (Å²) in [5.41, 5.74) is 2.72. The average molecular weight is 698 g/mol. The van der Waals surface area contributed by atoms with Gasteiger partial charge in [0, 0.05) is 28.1 Å². The molecule has 0 spiro atoms. The van der Waals surface area contributed by atoms with Crippen molar-refractivity contribution in [2.45, 2.75) is 56.4 Å². The molecule has 1 unspecified atom stereocenters. The molecule has 11 heteroatoms. The van der Waals surface area contributed by atoms with Crippen molar-refractivity contribution in [1.82, 2.24) is 4.90 Å². The molecule has 0 bridgehead atoms. The fourth-order valence-electron chi connectivity index (χ4n) is 5.17. The predicted octanol–water partition coefficient (Wildman–Crippen LogP) is 8.34. The van der Waals surface area contributed by atoms with Crippen LogP contribution in [0.15, 0.2) is 95.9 Å². The lowest BCUT2D eigenvalue weighted by Gasteiger charge is -2.30. The quantitative estimate of drug-likeness (QED) is 0.0973. The Morgan fingerprint density at radius 2 is 1.67 bits per heavy atom. The van der Waals surface area contributed by atoms with Gasteiger partial charge in [0.25, 0.3) is 0 Å². The first-order valence-electron chi connectivity index (χ1n) is 16.0. The van der Waals surface area contributed by atoms with Gasteiger partial charge in [-0.15, -0.1) is 23.1 Å². The summed E-state index contributed by atoms with van der Waals surface area (Å²) in [4.78, 5) is 56.0. The molecule has 1 aliphatic rings. The molecule has 0 aliphatic carbocycles. The van der Waals surface area contributed by atoms with Gasteiger partial charge in [-0.05, 0) is 75.1 Å². The van der Waals surface area contributed by atoms with Crippen molar-refractivity contribution in [2.24, 2.45) is 0 Å². The third-order valence-electron chi connectivity index (χ3n) is 7.35. The topological polar surface area (TPSA) is 114 Å². The molecule has 2 N–H and O–H groups in total. The van der Waals surface area contributed by atoms with Gasteiger partial charge in [0.05, 0.1) is 18.7 Å². The van der Waals surface area contributed by atoms with Gasteiger partial charge in [-0.2, -0.15) is 0 Å². The van der Waals surface area contributed by atoms with Gasteiger partial charge in [0.1, 0.15) is 15.9 Å². The number of hydrogen-bond acceptors (Lipinski definition) is 8. The monoisotopic (exact) mass is 697 g/mol. The molecule has 0 radical (unpaired) electrons. The summed E-state index contributed by atoms with van der Waals surface area (Å²) in [6.07, 6.45) is 3.21. The fourth-order valence-corrected chi connectivity index (χ4v) is 7.51. The minimum absolute atomic E-state index is 0.179. The Morgan fingerprint density at radius 1 is 0.959 bits per heavy atom. The average Bonchev–Trinajstić information content (AvgIpc) is 3.43. The number of anilines is 2. The molecular weight excluding hydrogens is 659 g/mol. The molecule has 2 heterocycles. The Morgan fingerprint density at radius 3 is 2.37 bits per heavy atom. The van der Waals surface area contributed by atoms with Crippen molar-refractivity contribution in [3.05, 3.63) is 118 Å². The number of hydrogen-bond donors (Lipinski definition) is 2. The number of thioether (sulfide) groups is 1. The van der Waals surface area contributed by atoms with Crippen LogP contribution >= 0.6 is 23.1 Å². The molecule has 1 aromatic heterocycles. The molecule has 1 aliphatic heterocycles. The number of amides is 3. The number of benzene rings is 3. The minimum atomic E-state index is -0.697. The Bertz CT molecular complexity index is 1830. The number of carbonyl (C=O) groups excluding carboxylic acids is 4. The first-order chi connectivity index (χ1) is 23.5. The highest BCUT2D eigenvalue weighted by atomic mass is 32.2. The number of thiophene rings is 1. The molecule has 0 saturated carbocycles. The van der Waals surface area contributed by atoms with E-state index in [1.165, 1.54) is 29.2 Å². The van der Waals surface area contributed by atoms with Gasteiger partial charge < -0.3 is 25.0 Å². The maximum Gasteiger partial charge on any atom is 0.410 e. The third kappa shape index (κ3) is 9.61. The number of carbonyl (C=O) groups is 4. The molecule has 0 fully saturated rings. The number of ether oxygens (including phenoxy) is 2. The van der Waals surface area contributed by atoms with Gasteiger partial charge >= 0.3 is 12.1 Å². The van der Waals surface area contributed by atoms with Crippen LogP contribution in [0.1, 0.15) is 64.9 Å². The van der Waals surface area contributed by atoms with Crippen LogP contribution in [0.5, 0.6) is 0 Å². The maximum absolute atomic E-state index is 14.1. The molecule has 3 amide bonds. The van der Waals surface area contributed by atoms with E-state index in [9.17, 15) is 19.2 Å². The second-order valence-corrected chi connectivity index (χ2v) is 14.5. The van der Waals surface area contributed by atoms with Crippen LogP contribution in [0.3, 0.4) is 0 Å². The summed E-state index contributed by atoms with van der Waals surface area (Å²) >= 11 is 2.60. The van der Waals surface area contributed by atoms with E-state index in [0.717, 1.165) is 26.5 Å². The molecule has 254 valence electrons. The molecule has 3 aromatic carbocycles. The molecule has 5 rings (SSSR count). The van der Waals surface area contributed by atoms with E-state index in [1.54, 1.807) is 24.0 Å². The van der Waals surface area contributed by atoms with E-state index >= 15 is 0 Å². The minimum Gasteiger partial charge on any atom is -0.462 e. The van der Waals surface area contributed by atoms with E-state index in [4.69, 9.17) is 9.47 Å². The van der Waals surface area contributed by atoms with Crippen molar-refractivity contribution in [2.75, 3.05) is 23.8 Å². The first kappa shape index (κ1) is 35.4. The Labute approximate surface area is 294 Å². The number of nitrogens with zero attached hydrogens (tertiary/aromatic N) is 1. The second-order valence-electron chi connectivity index (χ2n) is 12.2. The number of nitrogens with one attached hydrogen (secondary N) is 2. The van der Waals surface area contributed by atoms with Crippen LogP contribution in [0.4, 0.5) is 15.5 Å². The van der Waals surface area contributed by atoms with Crippen LogP contribution in [0.25, 0.3) is 6.08 Å². The van der Waals surface area contributed by atoms with Crippen molar-refractivity contribution < 1.29 is 28.7 Å². The Kier molecular flexibility index (Phi) is 11.6. The molecular formula is C38H39N3O6S2. The summed E-state index contributed by atoms with van der Waals surface area (Å²) in [5.74, 6) is -1.12. The van der Waals surface area contributed by atoms with Gasteiger partial charge in [0.15, 0.2) is 0 Å². The van der Waals surface area contributed by atoms with Gasteiger partial charge in [0.2, 0.25) is 11.8 Å². The highest BCUT2D eigenvalue weighted by molar-refractivity contribution is 8.00. The van der Waals surface area contributed by atoms with E-state index < -0.39 is 22.9 Å². The summed E-state index contributed by atoms with van der Waals surface area (Å²) in [6, 6.07) is 26.2. The van der Waals surface area contributed by atoms with Crippen molar-refractivity contribution >= 4 is 63.7 Å². The lowest BCUT2D eigenvalue weighted by Crippen LogP contribution is -2.39. The SMILES string of the molecule is CCOC(=O)c1c(NC(=O)C(Sc2cccc(NC(=O)/C=C/c3ccccc3)c2)c2ccccc2)sc2c1CCN(C(=O)OC(C)(C)C)C2. The van der Waals surface area contributed by atoms with Crippen LogP contribution in [-0.4, -0.2) is 47.5 Å². The standard InChI is InChI=1S/C38H39N3O6S2/c1-5-46-36(44)32-29-21-22-41(37(45)47-38(2,3)4)24-30(29)49-35(32)40-34(43)33(26-15-10-7-11-16-26)48-28-18-12-17-27(23-28)39-31(42)20-19-25-13-8-6-9-14-25/h6-20,23,33H,5,21-22,24H2,1-4H3,(H,39,42)(H,40,43)/b20-19+. The maximum atomic E-state index is 14.1. The molecule has 9 nitrogen and oxygen atoms in total. The van der Waals surface area contributed by atoms with Gasteiger partial charge in [-0.25, -0.2) is 9.59 Å². The zero-order chi connectivity index (χ0) is 35.0. The van der Waals surface area contributed by atoms with Crippen LogP contribution in [0.2, 0.25) is 0 Å². The summed E-state index contributed by atoms with van der Waals surface area (Å²) in [6.45, 7) is 7.99. The van der Waals surface area contributed by atoms with Crippen molar-refractivity contribution in [1.29, 1.82) is 0 Å². The zero-order valence-corrected chi connectivity index (χ0v) is 29.5. The third-order valence-corrected chi connectivity index (χ3v) is 9.73. The second kappa shape index (κ2) is 16.0. The van der Waals surface area contributed by atoms with Crippen LogP contribution in [-0.2, 0) is 32.0 Å². The van der Waals surface area contributed by atoms with E-state index in [0.29, 0.717) is 29.2 Å². The number of esters is 1. The van der Waals surface area contributed by atoms with Gasteiger partial charge in [-0.1, -0.05) is 66.7 Å². The largest absolute Gasteiger partial charge is 0.462 e. The zero-order valence-electron chi connectivity index (χ0n) is 27.9. The number of fused-ring (bicyclic) bond motifs is 1. The molecule has 0 saturated heterocycles. The van der Waals surface area contributed by atoms with Gasteiger partial charge in [-0.3, -0.25) is 9.59 Å². The molecule has 1 atom stereocenters. The highest BCUT2D eigenvalue weighted by Crippen LogP contribution is 2.41. The van der Waals surface area contributed by atoms with Crippen molar-refractivity contribution in [3.8, 4) is 0 Å². The highest BCUT2D eigenvalue weighted by Gasteiger charge is 2.34. The lowest BCUT2D eigenvalue weighted by molar-refractivity contribution is -0.116. The summed E-state index contributed by atoms with van der Waals surface area (Å²) in [5, 5.41) is 5.61. The molecule has 4 aromatic rings. The Balaban J connectivity index is 1.37. The summed E-state index contributed by atoms with van der Waals surface area (Å²) in [7, 11) is 0. The lowest BCUT2D eigenvalue weighted by atomic mass is 10.0. The fraction of sp³-hybridized carbons (Fsp3) is 0.263. The Hall–Kier alpha value is -4.87. The first-order valence-corrected chi connectivity index (χ1v) is 17.7. The predicted molar refractivity (Wildman–Crippen MR) is 195 cm³/mol.